The van der Waals surface area contributed by atoms with E-state index < -0.39 is 11.7 Å². The molecule has 0 atom stereocenters. The Hall–Kier alpha value is -1.56. The molecule has 1 aromatic carbocycles. The number of nitrogens with zero attached hydrogens (tertiary/aromatic N) is 1. The molecule has 1 heterocycles. The monoisotopic (exact) mass is 300 g/mol. The average Bonchev–Trinajstić information content (AvgIpc) is 2.47. The minimum absolute atomic E-state index is 0.0211. The first kappa shape index (κ1) is 15.8. The Morgan fingerprint density at radius 1 is 1.33 bits per heavy atom. The molecule has 0 aliphatic carbocycles. The van der Waals surface area contributed by atoms with Gasteiger partial charge in [-0.3, -0.25) is 9.69 Å². The summed E-state index contributed by atoms with van der Waals surface area (Å²) in [5.74, 6) is 0.0708. The van der Waals surface area contributed by atoms with E-state index in [4.69, 9.17) is 0 Å². The van der Waals surface area contributed by atoms with Gasteiger partial charge in [0.25, 0.3) is 0 Å². The third-order valence-electron chi connectivity index (χ3n) is 3.87. The van der Waals surface area contributed by atoms with Crippen molar-refractivity contribution in [2.45, 2.75) is 25.6 Å². The summed E-state index contributed by atoms with van der Waals surface area (Å²) in [4.78, 5) is 13.6. The predicted octanol–water partition coefficient (Wildman–Crippen LogP) is 2.66. The van der Waals surface area contributed by atoms with Gasteiger partial charge in [0.1, 0.15) is 0 Å². The normalized spacial score (nSPS) is 17.7. The van der Waals surface area contributed by atoms with Crippen LogP contribution in [-0.2, 0) is 17.5 Å². The number of amides is 1. The number of likely N-dealkylation sites (tertiary alicyclic amines) is 1. The SMILES string of the molecule is CNC(=O)C1CCN(Cc2cccc(C(F)(F)F)c2)CC1. The van der Waals surface area contributed by atoms with E-state index in [0.29, 0.717) is 12.1 Å². The number of hydrogen-bond acceptors (Lipinski definition) is 2. The third-order valence-corrected chi connectivity index (χ3v) is 3.87. The van der Waals surface area contributed by atoms with Gasteiger partial charge in [-0.1, -0.05) is 18.2 Å². The van der Waals surface area contributed by atoms with Crippen molar-refractivity contribution in [3.8, 4) is 0 Å². The fourth-order valence-electron chi connectivity index (χ4n) is 2.66. The maximum atomic E-state index is 12.7. The van der Waals surface area contributed by atoms with Crippen LogP contribution in [0.5, 0.6) is 0 Å². The van der Waals surface area contributed by atoms with Gasteiger partial charge < -0.3 is 5.32 Å². The van der Waals surface area contributed by atoms with Crippen LogP contribution in [0.2, 0.25) is 0 Å². The van der Waals surface area contributed by atoms with Crippen LogP contribution < -0.4 is 5.32 Å². The van der Waals surface area contributed by atoms with Gasteiger partial charge >= 0.3 is 6.18 Å². The molecule has 116 valence electrons. The maximum Gasteiger partial charge on any atom is 0.416 e. The lowest BCUT2D eigenvalue weighted by Crippen LogP contribution is -2.39. The summed E-state index contributed by atoms with van der Waals surface area (Å²) in [7, 11) is 1.62. The number of hydrogen-bond donors (Lipinski definition) is 1. The van der Waals surface area contributed by atoms with Crippen LogP contribution in [0.25, 0.3) is 0 Å². The summed E-state index contributed by atoms with van der Waals surface area (Å²) >= 11 is 0. The highest BCUT2D eigenvalue weighted by atomic mass is 19.4. The molecular weight excluding hydrogens is 281 g/mol. The van der Waals surface area contributed by atoms with Crippen LogP contribution in [0, 0.1) is 5.92 Å². The Balaban J connectivity index is 1.93. The molecule has 2 rings (SSSR count). The topological polar surface area (TPSA) is 32.3 Å². The highest BCUT2D eigenvalue weighted by Gasteiger charge is 2.30. The van der Waals surface area contributed by atoms with E-state index >= 15 is 0 Å². The summed E-state index contributed by atoms with van der Waals surface area (Å²) in [6.07, 6.45) is -2.81. The molecule has 1 saturated heterocycles. The lowest BCUT2D eigenvalue weighted by atomic mass is 9.95. The molecule has 0 radical (unpaired) electrons. The number of piperidine rings is 1. The summed E-state index contributed by atoms with van der Waals surface area (Å²) < 4.78 is 38.0. The number of carbonyl (C=O) groups excluding carboxylic acids is 1. The van der Waals surface area contributed by atoms with E-state index in [1.807, 2.05) is 0 Å². The van der Waals surface area contributed by atoms with Crippen molar-refractivity contribution in [2.24, 2.45) is 5.92 Å². The van der Waals surface area contributed by atoms with Gasteiger partial charge in [-0.05, 0) is 37.6 Å². The van der Waals surface area contributed by atoms with E-state index in [9.17, 15) is 18.0 Å². The van der Waals surface area contributed by atoms with Crippen molar-refractivity contribution in [3.05, 3.63) is 35.4 Å². The van der Waals surface area contributed by atoms with Crippen molar-refractivity contribution in [1.29, 1.82) is 0 Å². The second-order valence-corrected chi connectivity index (χ2v) is 5.36. The minimum Gasteiger partial charge on any atom is -0.359 e. The fraction of sp³-hybridized carbons (Fsp3) is 0.533. The van der Waals surface area contributed by atoms with Crippen LogP contribution in [0.1, 0.15) is 24.0 Å². The minimum atomic E-state index is -4.30. The Kier molecular flexibility index (Phi) is 4.88. The molecule has 1 aromatic rings. The van der Waals surface area contributed by atoms with Crippen LogP contribution in [0.3, 0.4) is 0 Å². The first-order valence-electron chi connectivity index (χ1n) is 7.00. The second-order valence-electron chi connectivity index (χ2n) is 5.36. The van der Waals surface area contributed by atoms with Gasteiger partial charge in [-0.15, -0.1) is 0 Å². The van der Waals surface area contributed by atoms with E-state index in [0.717, 1.165) is 32.0 Å². The Bertz CT molecular complexity index is 494. The molecule has 0 spiro atoms. The van der Waals surface area contributed by atoms with Crippen molar-refractivity contribution in [2.75, 3.05) is 20.1 Å². The Morgan fingerprint density at radius 3 is 2.57 bits per heavy atom. The summed E-state index contributed by atoms with van der Waals surface area (Å²) in [5, 5.41) is 2.64. The van der Waals surface area contributed by atoms with E-state index in [2.05, 4.69) is 10.2 Å². The third kappa shape index (κ3) is 4.20. The van der Waals surface area contributed by atoms with Crippen LogP contribution in [0.4, 0.5) is 13.2 Å². The van der Waals surface area contributed by atoms with E-state index in [-0.39, 0.29) is 11.8 Å². The van der Waals surface area contributed by atoms with Crippen LogP contribution >= 0.6 is 0 Å². The molecule has 0 unspecified atom stereocenters. The molecule has 0 saturated carbocycles. The zero-order chi connectivity index (χ0) is 15.5. The Labute approximate surface area is 122 Å². The molecule has 1 amide bonds. The van der Waals surface area contributed by atoms with Crippen molar-refractivity contribution in [3.63, 3.8) is 0 Å². The van der Waals surface area contributed by atoms with Gasteiger partial charge in [0.2, 0.25) is 5.91 Å². The molecule has 21 heavy (non-hydrogen) atoms. The van der Waals surface area contributed by atoms with Crippen LogP contribution in [-0.4, -0.2) is 30.9 Å². The van der Waals surface area contributed by atoms with Gasteiger partial charge in [-0.25, -0.2) is 0 Å². The van der Waals surface area contributed by atoms with Crippen molar-refractivity contribution in [1.82, 2.24) is 10.2 Å². The number of nitrogens with one attached hydrogen (secondary N) is 1. The highest BCUT2D eigenvalue weighted by molar-refractivity contribution is 5.78. The molecule has 1 aliphatic heterocycles. The molecule has 0 aromatic heterocycles. The summed E-state index contributed by atoms with van der Waals surface area (Å²) in [6, 6.07) is 5.43. The van der Waals surface area contributed by atoms with Gasteiger partial charge in [0.15, 0.2) is 0 Å². The molecule has 1 aliphatic rings. The van der Waals surface area contributed by atoms with Crippen molar-refractivity contribution < 1.29 is 18.0 Å². The Morgan fingerprint density at radius 2 is 2.00 bits per heavy atom. The summed E-state index contributed by atoms with van der Waals surface area (Å²) in [5.41, 5.74) is 0.0449. The number of benzene rings is 1. The molecular formula is C15H19F3N2O. The molecule has 3 nitrogen and oxygen atoms in total. The first-order valence-corrected chi connectivity index (χ1v) is 7.00. The number of alkyl halides is 3. The maximum absolute atomic E-state index is 12.7. The largest absolute Gasteiger partial charge is 0.416 e. The zero-order valence-corrected chi connectivity index (χ0v) is 11.9. The smallest absolute Gasteiger partial charge is 0.359 e. The molecule has 1 fully saturated rings. The quantitative estimate of drug-likeness (QED) is 0.931. The van der Waals surface area contributed by atoms with Gasteiger partial charge in [0.05, 0.1) is 5.56 Å². The van der Waals surface area contributed by atoms with Crippen LogP contribution in [0.15, 0.2) is 24.3 Å². The lowest BCUT2D eigenvalue weighted by molar-refractivity contribution is -0.137. The lowest BCUT2D eigenvalue weighted by Gasteiger charge is -2.31. The first-order chi connectivity index (χ1) is 9.90. The number of rotatable bonds is 3. The summed E-state index contributed by atoms with van der Waals surface area (Å²) in [6.45, 7) is 1.95. The van der Waals surface area contributed by atoms with E-state index in [1.165, 1.54) is 12.1 Å². The molecule has 6 heteroatoms. The molecule has 0 bridgehead atoms. The van der Waals surface area contributed by atoms with Gasteiger partial charge in [-0.2, -0.15) is 13.2 Å². The highest BCUT2D eigenvalue weighted by Crippen LogP contribution is 2.30. The predicted molar refractivity (Wildman–Crippen MR) is 73.5 cm³/mol. The number of halogens is 3. The van der Waals surface area contributed by atoms with Crippen molar-refractivity contribution >= 4 is 5.91 Å². The second kappa shape index (κ2) is 6.47. The average molecular weight is 300 g/mol. The molecule has 1 N–H and O–H groups in total. The fourth-order valence-corrected chi connectivity index (χ4v) is 2.66. The van der Waals surface area contributed by atoms with E-state index in [1.54, 1.807) is 13.1 Å². The standard InChI is InChI=1S/C15H19F3N2O/c1-19-14(21)12-5-7-20(8-6-12)10-11-3-2-4-13(9-11)15(16,17)18/h2-4,9,12H,5-8,10H2,1H3,(H,19,21). The van der Waals surface area contributed by atoms with Gasteiger partial charge in [0, 0.05) is 19.5 Å². The number of carbonyl (C=O) groups is 1. The zero-order valence-electron chi connectivity index (χ0n) is 11.9.